The van der Waals surface area contributed by atoms with Gasteiger partial charge in [0.2, 0.25) is 5.95 Å². The van der Waals surface area contributed by atoms with Crippen molar-refractivity contribution in [3.8, 4) is 5.69 Å². The number of halogens is 1. The molecule has 3 nitrogen and oxygen atoms in total. The van der Waals surface area contributed by atoms with Crippen molar-refractivity contribution in [2.45, 2.75) is 34.1 Å². The van der Waals surface area contributed by atoms with E-state index in [1.165, 1.54) is 17.8 Å². The van der Waals surface area contributed by atoms with E-state index in [0.717, 1.165) is 28.7 Å². The molecule has 0 amide bonds. The number of nitrogens with zero attached hydrogens (tertiary/aromatic N) is 3. The van der Waals surface area contributed by atoms with Crippen LogP contribution in [-0.4, -0.2) is 14.8 Å². The van der Waals surface area contributed by atoms with Crippen molar-refractivity contribution in [3.63, 3.8) is 0 Å². The standard InChI is InChI=1S/C15H14FN3.C2H6/c1-3-11-5-4-6-13-10(2)18-19(15(11)13)12-7-8-14(16)17-9-12;1-2/h4-9H,3H2,1-2H3;1-2H3. The fourth-order valence-electron chi connectivity index (χ4n) is 2.35. The normalized spacial score (nSPS) is 10.3. The maximum Gasteiger partial charge on any atom is 0.212 e. The van der Waals surface area contributed by atoms with Gasteiger partial charge in [-0.05, 0) is 31.0 Å². The van der Waals surface area contributed by atoms with Crippen LogP contribution in [0.3, 0.4) is 0 Å². The second-order valence-corrected chi connectivity index (χ2v) is 4.50. The Labute approximate surface area is 124 Å². The summed E-state index contributed by atoms with van der Waals surface area (Å²) < 4.78 is 14.8. The van der Waals surface area contributed by atoms with Crippen LogP contribution in [0, 0.1) is 12.9 Å². The molecule has 0 fully saturated rings. The molecule has 0 saturated heterocycles. The van der Waals surface area contributed by atoms with Gasteiger partial charge in [-0.15, -0.1) is 0 Å². The molecule has 3 aromatic rings. The fourth-order valence-corrected chi connectivity index (χ4v) is 2.35. The van der Waals surface area contributed by atoms with Gasteiger partial charge in [0.25, 0.3) is 0 Å². The monoisotopic (exact) mass is 285 g/mol. The Kier molecular flexibility index (Phi) is 4.68. The molecule has 3 rings (SSSR count). The van der Waals surface area contributed by atoms with Crippen LogP contribution in [0.25, 0.3) is 16.6 Å². The number of benzene rings is 1. The summed E-state index contributed by atoms with van der Waals surface area (Å²) >= 11 is 0. The molecular formula is C17H20FN3. The van der Waals surface area contributed by atoms with Gasteiger partial charge in [0.1, 0.15) is 0 Å². The first-order chi connectivity index (χ1) is 10.2. The van der Waals surface area contributed by atoms with Gasteiger partial charge in [-0.3, -0.25) is 0 Å². The van der Waals surface area contributed by atoms with E-state index in [2.05, 4.69) is 29.1 Å². The van der Waals surface area contributed by atoms with Crippen molar-refractivity contribution in [2.75, 3.05) is 0 Å². The van der Waals surface area contributed by atoms with Crippen molar-refractivity contribution in [3.05, 3.63) is 53.7 Å². The lowest BCUT2D eigenvalue weighted by molar-refractivity contribution is 0.582. The SMILES string of the molecule is CC.CCc1cccc2c(C)nn(-c3ccc(F)nc3)c12. The summed E-state index contributed by atoms with van der Waals surface area (Å²) in [5.74, 6) is -0.479. The zero-order valence-electron chi connectivity index (χ0n) is 12.9. The van der Waals surface area contributed by atoms with E-state index in [4.69, 9.17) is 0 Å². The number of para-hydroxylation sites is 1. The summed E-state index contributed by atoms with van der Waals surface area (Å²) in [6, 6.07) is 9.25. The zero-order chi connectivity index (χ0) is 15.4. The first-order valence-electron chi connectivity index (χ1n) is 7.30. The molecule has 1 aromatic carbocycles. The molecule has 4 heteroatoms. The maximum atomic E-state index is 12.9. The Bertz CT molecular complexity index is 730. The summed E-state index contributed by atoms with van der Waals surface area (Å²) in [7, 11) is 0. The van der Waals surface area contributed by atoms with Gasteiger partial charge < -0.3 is 0 Å². The van der Waals surface area contributed by atoms with Gasteiger partial charge in [-0.2, -0.15) is 9.49 Å². The summed E-state index contributed by atoms with van der Waals surface area (Å²) in [4.78, 5) is 3.70. The van der Waals surface area contributed by atoms with Crippen LogP contribution in [0.1, 0.15) is 32.0 Å². The minimum absolute atomic E-state index is 0.479. The number of aryl methyl sites for hydroxylation is 2. The van der Waals surface area contributed by atoms with Crippen LogP contribution in [-0.2, 0) is 6.42 Å². The van der Waals surface area contributed by atoms with Crippen molar-refractivity contribution < 1.29 is 4.39 Å². The van der Waals surface area contributed by atoms with Gasteiger partial charge >= 0.3 is 0 Å². The van der Waals surface area contributed by atoms with Crippen LogP contribution < -0.4 is 0 Å². The predicted molar refractivity (Wildman–Crippen MR) is 84.3 cm³/mol. The van der Waals surface area contributed by atoms with Crippen molar-refractivity contribution in [1.29, 1.82) is 0 Å². The van der Waals surface area contributed by atoms with Gasteiger partial charge in [0.15, 0.2) is 0 Å². The molecule has 2 aromatic heterocycles. The smallest absolute Gasteiger partial charge is 0.212 e. The van der Waals surface area contributed by atoms with Crippen molar-refractivity contribution >= 4 is 10.9 Å². The first kappa shape index (κ1) is 15.2. The summed E-state index contributed by atoms with van der Waals surface area (Å²) in [5, 5.41) is 5.68. The van der Waals surface area contributed by atoms with E-state index >= 15 is 0 Å². The summed E-state index contributed by atoms with van der Waals surface area (Å²) in [5.41, 5.74) is 4.05. The third-order valence-electron chi connectivity index (χ3n) is 3.31. The lowest BCUT2D eigenvalue weighted by Crippen LogP contribution is -2.00. The molecular weight excluding hydrogens is 265 g/mol. The van der Waals surface area contributed by atoms with E-state index in [0.29, 0.717) is 0 Å². The van der Waals surface area contributed by atoms with Crippen LogP contribution in [0.2, 0.25) is 0 Å². The average Bonchev–Trinajstić information content (AvgIpc) is 2.87. The average molecular weight is 285 g/mol. The van der Waals surface area contributed by atoms with Gasteiger partial charge in [0.05, 0.1) is 23.1 Å². The Hall–Kier alpha value is -2.23. The lowest BCUT2D eigenvalue weighted by Gasteiger charge is -2.06. The molecule has 2 heterocycles. The number of rotatable bonds is 2. The van der Waals surface area contributed by atoms with E-state index in [9.17, 15) is 4.39 Å². The minimum atomic E-state index is -0.479. The predicted octanol–water partition coefficient (Wildman–Crippen LogP) is 4.46. The third kappa shape index (κ3) is 2.79. The molecule has 0 N–H and O–H groups in total. The number of hydrogen-bond donors (Lipinski definition) is 0. The highest BCUT2D eigenvalue weighted by atomic mass is 19.1. The molecule has 0 atom stereocenters. The molecule has 0 spiro atoms. The van der Waals surface area contributed by atoms with E-state index < -0.39 is 5.95 Å². The van der Waals surface area contributed by atoms with Crippen LogP contribution in [0.4, 0.5) is 4.39 Å². The topological polar surface area (TPSA) is 30.7 Å². The fraction of sp³-hybridized carbons (Fsp3) is 0.294. The van der Waals surface area contributed by atoms with E-state index in [1.54, 1.807) is 6.07 Å². The lowest BCUT2D eigenvalue weighted by atomic mass is 10.1. The first-order valence-corrected chi connectivity index (χ1v) is 7.30. The number of aromatic nitrogens is 3. The quantitative estimate of drug-likeness (QED) is 0.651. The zero-order valence-corrected chi connectivity index (χ0v) is 12.9. The molecule has 110 valence electrons. The van der Waals surface area contributed by atoms with Gasteiger partial charge in [-0.25, -0.2) is 9.67 Å². The Morgan fingerprint density at radius 1 is 1.14 bits per heavy atom. The Morgan fingerprint density at radius 3 is 2.52 bits per heavy atom. The highest BCUT2D eigenvalue weighted by Gasteiger charge is 2.12. The third-order valence-corrected chi connectivity index (χ3v) is 3.31. The van der Waals surface area contributed by atoms with Crippen LogP contribution >= 0.6 is 0 Å². The number of pyridine rings is 1. The van der Waals surface area contributed by atoms with E-state index in [-0.39, 0.29) is 0 Å². The summed E-state index contributed by atoms with van der Waals surface area (Å²) in [6.45, 7) is 8.10. The summed E-state index contributed by atoms with van der Waals surface area (Å²) in [6.07, 6.45) is 2.44. The Morgan fingerprint density at radius 2 is 1.90 bits per heavy atom. The number of fused-ring (bicyclic) bond motifs is 1. The number of hydrogen-bond acceptors (Lipinski definition) is 2. The van der Waals surface area contributed by atoms with E-state index in [1.807, 2.05) is 31.5 Å². The molecule has 0 saturated carbocycles. The van der Waals surface area contributed by atoms with Crippen molar-refractivity contribution in [2.24, 2.45) is 0 Å². The van der Waals surface area contributed by atoms with Crippen LogP contribution in [0.15, 0.2) is 36.5 Å². The second kappa shape index (κ2) is 6.48. The van der Waals surface area contributed by atoms with Crippen LogP contribution in [0.5, 0.6) is 0 Å². The highest BCUT2D eigenvalue weighted by molar-refractivity contribution is 5.86. The molecule has 0 radical (unpaired) electrons. The van der Waals surface area contributed by atoms with Gasteiger partial charge in [-0.1, -0.05) is 39.0 Å². The van der Waals surface area contributed by atoms with Gasteiger partial charge in [0, 0.05) is 5.39 Å². The molecule has 0 aliphatic carbocycles. The molecule has 21 heavy (non-hydrogen) atoms. The molecule has 0 bridgehead atoms. The second-order valence-electron chi connectivity index (χ2n) is 4.50. The maximum absolute atomic E-state index is 12.9. The van der Waals surface area contributed by atoms with Crippen molar-refractivity contribution in [1.82, 2.24) is 14.8 Å². The molecule has 0 aliphatic heterocycles. The Balaban J connectivity index is 0.000000774. The highest BCUT2D eigenvalue weighted by Crippen LogP contribution is 2.25. The molecule has 0 unspecified atom stereocenters. The minimum Gasteiger partial charge on any atom is -0.231 e. The largest absolute Gasteiger partial charge is 0.231 e. The molecule has 0 aliphatic rings.